The van der Waals surface area contributed by atoms with Crippen molar-refractivity contribution in [3.05, 3.63) is 0 Å². The summed E-state index contributed by atoms with van der Waals surface area (Å²) in [6, 6.07) is 0.861. The molecule has 3 aliphatic heterocycles. The predicted molar refractivity (Wildman–Crippen MR) is 60.0 cm³/mol. The molecule has 3 heteroatoms. The van der Waals surface area contributed by atoms with Crippen LogP contribution in [0.5, 0.6) is 0 Å². The van der Waals surface area contributed by atoms with E-state index >= 15 is 0 Å². The molecule has 86 valence electrons. The first kappa shape index (κ1) is 10.1. The van der Waals surface area contributed by atoms with Gasteiger partial charge in [0.15, 0.2) is 0 Å². The standard InChI is InChI=1S/C12H22N2O/c1-3-11-9-13(6-7-14(11)5-1)10-12-4-2-8-15-12/h11-12H,1-10H2. The monoisotopic (exact) mass is 210 g/mol. The number of ether oxygens (including phenoxy) is 1. The molecule has 0 aliphatic carbocycles. The summed E-state index contributed by atoms with van der Waals surface area (Å²) >= 11 is 0. The number of nitrogens with zero attached hydrogens (tertiary/aromatic N) is 2. The van der Waals surface area contributed by atoms with Crippen molar-refractivity contribution in [1.82, 2.24) is 9.80 Å². The summed E-state index contributed by atoms with van der Waals surface area (Å²) in [5.74, 6) is 0. The first-order valence-electron chi connectivity index (χ1n) is 6.50. The van der Waals surface area contributed by atoms with Crippen molar-refractivity contribution in [2.45, 2.75) is 37.8 Å². The van der Waals surface area contributed by atoms with Crippen LogP contribution in [0, 0.1) is 0 Å². The smallest absolute Gasteiger partial charge is 0.0702 e. The molecule has 3 saturated heterocycles. The van der Waals surface area contributed by atoms with Crippen LogP contribution < -0.4 is 0 Å². The van der Waals surface area contributed by atoms with Crippen molar-refractivity contribution in [2.24, 2.45) is 0 Å². The van der Waals surface area contributed by atoms with E-state index in [1.54, 1.807) is 0 Å². The molecule has 0 bridgehead atoms. The largest absolute Gasteiger partial charge is 0.377 e. The topological polar surface area (TPSA) is 15.7 Å². The summed E-state index contributed by atoms with van der Waals surface area (Å²) in [7, 11) is 0. The van der Waals surface area contributed by atoms with Crippen LogP contribution >= 0.6 is 0 Å². The quantitative estimate of drug-likeness (QED) is 0.675. The molecule has 0 aromatic heterocycles. The summed E-state index contributed by atoms with van der Waals surface area (Å²) < 4.78 is 5.71. The second kappa shape index (κ2) is 4.40. The van der Waals surface area contributed by atoms with Crippen molar-refractivity contribution >= 4 is 0 Å². The molecule has 0 aromatic rings. The van der Waals surface area contributed by atoms with Crippen molar-refractivity contribution < 1.29 is 4.74 Å². The van der Waals surface area contributed by atoms with Gasteiger partial charge in [-0.1, -0.05) is 0 Å². The maximum atomic E-state index is 5.71. The summed E-state index contributed by atoms with van der Waals surface area (Å²) in [5, 5.41) is 0. The molecule has 3 rings (SSSR count). The maximum Gasteiger partial charge on any atom is 0.0702 e. The minimum Gasteiger partial charge on any atom is -0.377 e. The van der Waals surface area contributed by atoms with E-state index in [1.165, 1.54) is 58.4 Å². The summed E-state index contributed by atoms with van der Waals surface area (Å²) in [5.41, 5.74) is 0. The highest BCUT2D eigenvalue weighted by Crippen LogP contribution is 2.22. The third-order valence-electron chi connectivity index (χ3n) is 4.16. The lowest BCUT2D eigenvalue weighted by molar-refractivity contribution is 0.0395. The van der Waals surface area contributed by atoms with E-state index in [0.717, 1.165) is 12.6 Å². The molecule has 0 amide bonds. The zero-order valence-electron chi connectivity index (χ0n) is 9.53. The van der Waals surface area contributed by atoms with Crippen molar-refractivity contribution in [2.75, 3.05) is 39.3 Å². The van der Waals surface area contributed by atoms with Gasteiger partial charge in [0, 0.05) is 38.8 Å². The van der Waals surface area contributed by atoms with Gasteiger partial charge in [0.1, 0.15) is 0 Å². The second-order valence-electron chi connectivity index (χ2n) is 5.23. The Bertz CT molecular complexity index is 214. The predicted octanol–water partition coefficient (Wildman–Crippen LogP) is 0.945. The van der Waals surface area contributed by atoms with Crippen molar-refractivity contribution in [1.29, 1.82) is 0 Å². The average molecular weight is 210 g/mol. The van der Waals surface area contributed by atoms with E-state index in [0.29, 0.717) is 6.10 Å². The molecular formula is C12H22N2O. The first-order chi connectivity index (χ1) is 7.42. The Balaban J connectivity index is 1.50. The van der Waals surface area contributed by atoms with Crippen molar-refractivity contribution in [3.63, 3.8) is 0 Å². The van der Waals surface area contributed by atoms with E-state index in [1.807, 2.05) is 0 Å². The van der Waals surface area contributed by atoms with Gasteiger partial charge in [0.25, 0.3) is 0 Å². The summed E-state index contributed by atoms with van der Waals surface area (Å²) in [6.07, 6.45) is 5.93. The van der Waals surface area contributed by atoms with Gasteiger partial charge < -0.3 is 4.74 Å². The van der Waals surface area contributed by atoms with Crippen LogP contribution in [0.2, 0.25) is 0 Å². The van der Waals surface area contributed by atoms with Gasteiger partial charge in [-0.25, -0.2) is 0 Å². The fourth-order valence-electron chi connectivity index (χ4n) is 3.30. The normalized spacial score (nSPS) is 38.4. The molecule has 3 fully saturated rings. The highest BCUT2D eigenvalue weighted by atomic mass is 16.5. The second-order valence-corrected chi connectivity index (χ2v) is 5.23. The van der Waals surface area contributed by atoms with E-state index in [4.69, 9.17) is 4.74 Å². The minimum atomic E-state index is 0.540. The third kappa shape index (κ3) is 2.19. The number of hydrogen-bond acceptors (Lipinski definition) is 3. The van der Waals surface area contributed by atoms with Gasteiger partial charge >= 0.3 is 0 Å². The zero-order valence-corrected chi connectivity index (χ0v) is 9.53. The van der Waals surface area contributed by atoms with E-state index in [2.05, 4.69) is 9.80 Å². The van der Waals surface area contributed by atoms with Crippen LogP contribution in [0.15, 0.2) is 0 Å². The number of piperazine rings is 1. The maximum absolute atomic E-state index is 5.71. The number of fused-ring (bicyclic) bond motifs is 1. The molecule has 0 aromatic carbocycles. The lowest BCUT2D eigenvalue weighted by Gasteiger charge is -2.38. The molecule has 3 aliphatic rings. The van der Waals surface area contributed by atoms with Gasteiger partial charge in [-0.2, -0.15) is 0 Å². The molecule has 0 N–H and O–H groups in total. The van der Waals surface area contributed by atoms with Crippen LogP contribution in [0.1, 0.15) is 25.7 Å². The van der Waals surface area contributed by atoms with Crippen LogP contribution in [0.25, 0.3) is 0 Å². The molecule has 3 nitrogen and oxygen atoms in total. The summed E-state index contributed by atoms with van der Waals surface area (Å²) in [4.78, 5) is 5.30. The average Bonchev–Trinajstić information content (AvgIpc) is 2.87. The SMILES string of the molecule is C1COC(CN2CCN3CCCC3C2)C1. The van der Waals surface area contributed by atoms with Gasteiger partial charge in [0.05, 0.1) is 6.10 Å². The van der Waals surface area contributed by atoms with Crippen LogP contribution in [0.3, 0.4) is 0 Å². The van der Waals surface area contributed by atoms with Crippen LogP contribution in [0.4, 0.5) is 0 Å². The lowest BCUT2D eigenvalue weighted by atomic mass is 10.1. The molecule has 3 heterocycles. The molecule has 2 unspecified atom stereocenters. The Kier molecular flexibility index (Phi) is 2.95. The summed E-state index contributed by atoms with van der Waals surface area (Å²) in [6.45, 7) is 7.37. The Morgan fingerprint density at radius 2 is 2.07 bits per heavy atom. The van der Waals surface area contributed by atoms with Crippen LogP contribution in [-0.2, 0) is 4.74 Å². The lowest BCUT2D eigenvalue weighted by Crippen LogP contribution is -2.51. The van der Waals surface area contributed by atoms with Crippen molar-refractivity contribution in [3.8, 4) is 0 Å². The van der Waals surface area contributed by atoms with E-state index in [-0.39, 0.29) is 0 Å². The van der Waals surface area contributed by atoms with Gasteiger partial charge in [-0.3, -0.25) is 9.80 Å². The number of hydrogen-bond donors (Lipinski definition) is 0. The Morgan fingerprint density at radius 3 is 2.93 bits per heavy atom. The van der Waals surface area contributed by atoms with Gasteiger partial charge in [-0.05, 0) is 32.2 Å². The Labute approximate surface area is 92.4 Å². The first-order valence-corrected chi connectivity index (χ1v) is 6.50. The number of rotatable bonds is 2. The Morgan fingerprint density at radius 1 is 1.07 bits per heavy atom. The third-order valence-corrected chi connectivity index (χ3v) is 4.16. The fourth-order valence-corrected chi connectivity index (χ4v) is 3.30. The molecule has 0 spiro atoms. The zero-order chi connectivity index (χ0) is 10.1. The highest BCUT2D eigenvalue weighted by molar-refractivity contribution is 4.87. The fraction of sp³-hybridized carbons (Fsp3) is 1.00. The Hall–Kier alpha value is -0.120. The van der Waals surface area contributed by atoms with E-state index < -0.39 is 0 Å². The van der Waals surface area contributed by atoms with Crippen LogP contribution in [-0.4, -0.2) is 61.3 Å². The minimum absolute atomic E-state index is 0.540. The van der Waals surface area contributed by atoms with E-state index in [9.17, 15) is 0 Å². The molecule has 0 radical (unpaired) electrons. The molecule has 2 atom stereocenters. The molecule has 15 heavy (non-hydrogen) atoms. The highest BCUT2D eigenvalue weighted by Gasteiger charge is 2.31. The molecule has 0 saturated carbocycles. The van der Waals surface area contributed by atoms with Gasteiger partial charge in [0.2, 0.25) is 0 Å². The van der Waals surface area contributed by atoms with Gasteiger partial charge in [-0.15, -0.1) is 0 Å². The molecular weight excluding hydrogens is 188 g/mol.